The van der Waals surface area contributed by atoms with Gasteiger partial charge in [-0.1, -0.05) is 18.2 Å². The monoisotopic (exact) mass is 391 g/mol. The standard InChI is InChI=1S/C18H21N3O5S/c1-21(2)27(24,25)16-6-4-5-15(11-16)18(23)20-19-17(22)14-9-7-13(8-10-14)12-26-3/h4-11H,12H2,1-3H3,(H,19,22)(H,20,23). The highest BCUT2D eigenvalue weighted by molar-refractivity contribution is 7.89. The number of hydrogen-bond donors (Lipinski definition) is 2. The van der Waals surface area contributed by atoms with E-state index in [2.05, 4.69) is 10.9 Å². The van der Waals surface area contributed by atoms with Gasteiger partial charge in [-0.25, -0.2) is 12.7 Å². The predicted octanol–water partition coefficient (Wildman–Crippen LogP) is 1.16. The van der Waals surface area contributed by atoms with Crippen molar-refractivity contribution in [2.75, 3.05) is 21.2 Å². The molecule has 0 unspecified atom stereocenters. The van der Waals surface area contributed by atoms with E-state index in [1.165, 1.54) is 38.4 Å². The number of sulfonamides is 1. The van der Waals surface area contributed by atoms with Gasteiger partial charge in [-0.3, -0.25) is 20.4 Å². The zero-order valence-corrected chi connectivity index (χ0v) is 16.0. The molecule has 2 aromatic rings. The Labute approximate surface area is 158 Å². The average molecular weight is 391 g/mol. The molecule has 2 rings (SSSR count). The van der Waals surface area contributed by atoms with Gasteiger partial charge in [-0.2, -0.15) is 0 Å². The molecule has 0 aromatic heterocycles. The summed E-state index contributed by atoms with van der Waals surface area (Å²) in [5, 5.41) is 0. The molecule has 0 aliphatic carbocycles. The first-order valence-electron chi connectivity index (χ1n) is 7.97. The maximum absolute atomic E-state index is 12.2. The highest BCUT2D eigenvalue weighted by atomic mass is 32.2. The summed E-state index contributed by atoms with van der Waals surface area (Å²) in [6, 6.07) is 12.3. The molecule has 144 valence electrons. The van der Waals surface area contributed by atoms with E-state index in [0.29, 0.717) is 12.2 Å². The van der Waals surface area contributed by atoms with Gasteiger partial charge in [-0.15, -0.1) is 0 Å². The second-order valence-electron chi connectivity index (χ2n) is 5.85. The molecule has 9 heteroatoms. The third kappa shape index (κ3) is 5.13. The molecule has 0 aliphatic heterocycles. The summed E-state index contributed by atoms with van der Waals surface area (Å²) >= 11 is 0. The maximum Gasteiger partial charge on any atom is 0.269 e. The number of amides is 2. The van der Waals surface area contributed by atoms with Gasteiger partial charge in [0.15, 0.2) is 0 Å². The maximum atomic E-state index is 12.2. The van der Waals surface area contributed by atoms with E-state index in [0.717, 1.165) is 9.87 Å². The molecule has 2 N–H and O–H groups in total. The van der Waals surface area contributed by atoms with Gasteiger partial charge in [0.25, 0.3) is 11.8 Å². The minimum absolute atomic E-state index is 0.0137. The minimum atomic E-state index is -3.66. The van der Waals surface area contributed by atoms with Gasteiger partial charge in [0, 0.05) is 32.3 Å². The molecule has 0 aliphatic rings. The lowest BCUT2D eigenvalue weighted by Crippen LogP contribution is -2.41. The summed E-state index contributed by atoms with van der Waals surface area (Å²) in [4.78, 5) is 24.3. The first-order chi connectivity index (χ1) is 12.8. The Balaban J connectivity index is 2.04. The van der Waals surface area contributed by atoms with E-state index in [1.807, 2.05) is 0 Å². The molecule has 0 saturated heterocycles. The first-order valence-corrected chi connectivity index (χ1v) is 9.41. The Morgan fingerprint density at radius 1 is 0.963 bits per heavy atom. The lowest BCUT2D eigenvalue weighted by molar-refractivity contribution is 0.0846. The topological polar surface area (TPSA) is 105 Å². The van der Waals surface area contributed by atoms with Crippen LogP contribution < -0.4 is 10.9 Å². The van der Waals surface area contributed by atoms with Gasteiger partial charge in [0.05, 0.1) is 11.5 Å². The predicted molar refractivity (Wildman–Crippen MR) is 99.4 cm³/mol. The van der Waals surface area contributed by atoms with Crippen molar-refractivity contribution in [3.8, 4) is 0 Å². The van der Waals surface area contributed by atoms with Crippen LogP contribution in [0.2, 0.25) is 0 Å². The number of carbonyl (C=O) groups is 2. The molecule has 2 amide bonds. The molecule has 27 heavy (non-hydrogen) atoms. The number of hydrazine groups is 1. The van der Waals surface area contributed by atoms with Crippen molar-refractivity contribution in [2.24, 2.45) is 0 Å². The largest absolute Gasteiger partial charge is 0.380 e. The number of carbonyl (C=O) groups excluding carboxylic acids is 2. The van der Waals surface area contributed by atoms with Crippen LogP contribution in [0.25, 0.3) is 0 Å². The molecular weight excluding hydrogens is 370 g/mol. The van der Waals surface area contributed by atoms with E-state index in [-0.39, 0.29) is 10.5 Å². The van der Waals surface area contributed by atoms with Crippen LogP contribution in [0.15, 0.2) is 53.4 Å². The Morgan fingerprint density at radius 2 is 1.56 bits per heavy atom. The van der Waals surface area contributed by atoms with E-state index in [9.17, 15) is 18.0 Å². The lowest BCUT2D eigenvalue weighted by atomic mass is 10.1. The summed E-state index contributed by atoms with van der Waals surface area (Å²) in [7, 11) is 0.724. The first kappa shape index (κ1) is 20.6. The van der Waals surface area contributed by atoms with Gasteiger partial charge < -0.3 is 4.74 Å². The number of hydrogen-bond acceptors (Lipinski definition) is 5. The summed E-state index contributed by atoms with van der Waals surface area (Å²) < 4.78 is 30.4. The van der Waals surface area contributed by atoms with Crippen molar-refractivity contribution >= 4 is 21.8 Å². The van der Waals surface area contributed by atoms with Crippen LogP contribution in [-0.2, 0) is 21.4 Å². The van der Waals surface area contributed by atoms with Gasteiger partial charge in [0.2, 0.25) is 10.0 Å². The Bertz CT molecular complexity index is 924. The third-order valence-corrected chi connectivity index (χ3v) is 5.50. The van der Waals surface area contributed by atoms with Crippen molar-refractivity contribution in [2.45, 2.75) is 11.5 Å². The van der Waals surface area contributed by atoms with Crippen LogP contribution in [0.5, 0.6) is 0 Å². The fourth-order valence-electron chi connectivity index (χ4n) is 2.19. The summed E-state index contributed by atoms with van der Waals surface area (Å²) in [5.74, 6) is -1.13. The highest BCUT2D eigenvalue weighted by Crippen LogP contribution is 2.14. The Morgan fingerprint density at radius 3 is 2.11 bits per heavy atom. The van der Waals surface area contributed by atoms with Crippen molar-refractivity contribution < 1.29 is 22.7 Å². The smallest absolute Gasteiger partial charge is 0.269 e. The second kappa shape index (κ2) is 8.76. The number of rotatable bonds is 6. The number of benzene rings is 2. The molecule has 0 atom stereocenters. The molecule has 0 heterocycles. The van der Waals surface area contributed by atoms with Crippen molar-refractivity contribution in [3.05, 3.63) is 65.2 Å². The number of ether oxygens (including phenoxy) is 1. The summed E-state index contributed by atoms with van der Waals surface area (Å²) in [6.07, 6.45) is 0. The average Bonchev–Trinajstić information content (AvgIpc) is 2.66. The van der Waals surface area contributed by atoms with Crippen LogP contribution in [0.4, 0.5) is 0 Å². The fourth-order valence-corrected chi connectivity index (χ4v) is 3.13. The van der Waals surface area contributed by atoms with Crippen molar-refractivity contribution in [3.63, 3.8) is 0 Å². The SMILES string of the molecule is COCc1ccc(C(=O)NNC(=O)c2cccc(S(=O)(=O)N(C)C)c2)cc1. The summed E-state index contributed by atoms with van der Waals surface area (Å²) in [5.41, 5.74) is 5.95. The van der Waals surface area contributed by atoms with E-state index in [1.54, 1.807) is 31.4 Å². The van der Waals surface area contributed by atoms with E-state index < -0.39 is 21.8 Å². The molecule has 0 bridgehead atoms. The van der Waals surface area contributed by atoms with Crippen LogP contribution in [-0.4, -0.2) is 45.7 Å². The van der Waals surface area contributed by atoms with Gasteiger partial charge in [0.1, 0.15) is 0 Å². The third-order valence-electron chi connectivity index (χ3n) is 3.69. The van der Waals surface area contributed by atoms with Crippen molar-refractivity contribution in [1.29, 1.82) is 0 Å². The zero-order valence-electron chi connectivity index (χ0n) is 15.2. The number of methoxy groups -OCH3 is 1. The Hall–Kier alpha value is -2.75. The van der Waals surface area contributed by atoms with Gasteiger partial charge in [-0.05, 0) is 35.9 Å². The van der Waals surface area contributed by atoms with Crippen LogP contribution in [0, 0.1) is 0 Å². The molecular formula is C18H21N3O5S. The van der Waals surface area contributed by atoms with E-state index >= 15 is 0 Å². The van der Waals surface area contributed by atoms with Crippen LogP contribution in [0.1, 0.15) is 26.3 Å². The van der Waals surface area contributed by atoms with Gasteiger partial charge >= 0.3 is 0 Å². The zero-order chi connectivity index (χ0) is 20.0. The highest BCUT2D eigenvalue weighted by Gasteiger charge is 2.19. The molecule has 0 fully saturated rings. The molecule has 2 aromatic carbocycles. The number of nitrogens with one attached hydrogen (secondary N) is 2. The lowest BCUT2D eigenvalue weighted by Gasteiger charge is -2.12. The van der Waals surface area contributed by atoms with Crippen LogP contribution in [0.3, 0.4) is 0 Å². The molecule has 0 saturated carbocycles. The van der Waals surface area contributed by atoms with Crippen molar-refractivity contribution in [1.82, 2.24) is 15.2 Å². The summed E-state index contributed by atoms with van der Waals surface area (Å²) in [6.45, 7) is 0.435. The molecule has 0 radical (unpaired) electrons. The van der Waals surface area contributed by atoms with Crippen LogP contribution >= 0.6 is 0 Å². The van der Waals surface area contributed by atoms with E-state index in [4.69, 9.17) is 4.74 Å². The fraction of sp³-hybridized carbons (Fsp3) is 0.222. The normalized spacial score (nSPS) is 11.3. The number of nitrogens with zero attached hydrogens (tertiary/aromatic N) is 1. The Kier molecular flexibility index (Phi) is 6.67. The quantitative estimate of drug-likeness (QED) is 0.719. The molecule has 0 spiro atoms. The second-order valence-corrected chi connectivity index (χ2v) is 8.01. The molecule has 8 nitrogen and oxygen atoms in total. The minimum Gasteiger partial charge on any atom is -0.380 e.